The molecular weight excluding hydrogens is 116 g/mol. The molecule has 0 bridgehead atoms. The highest BCUT2D eigenvalue weighted by molar-refractivity contribution is 5.88. The van der Waals surface area contributed by atoms with E-state index in [4.69, 9.17) is 10.2 Å². The lowest BCUT2D eigenvalue weighted by Crippen LogP contribution is -2.03. The third kappa shape index (κ3) is 8.86. The van der Waals surface area contributed by atoms with Gasteiger partial charge in [-0.05, 0) is 0 Å². The van der Waals surface area contributed by atoms with Gasteiger partial charge in [-0.3, -0.25) is 9.59 Å². The first kappa shape index (κ1) is 10.0. The summed E-state index contributed by atoms with van der Waals surface area (Å²) in [6.07, 6.45) is -0.806. The van der Waals surface area contributed by atoms with Crippen molar-refractivity contribution in [2.75, 3.05) is 0 Å². The van der Waals surface area contributed by atoms with Gasteiger partial charge in [0, 0.05) is 0 Å². The topological polar surface area (TPSA) is 106 Å². The second kappa shape index (κ2) is 4.07. The third-order valence-electron chi connectivity index (χ3n) is 0.302. The van der Waals surface area contributed by atoms with Crippen LogP contribution in [0, 0.1) is 0 Å². The van der Waals surface area contributed by atoms with E-state index in [1.165, 1.54) is 0 Å². The largest absolute Gasteiger partial charge is 0.481 e. The Labute approximate surface area is 44.9 Å². The molecule has 4 N–H and O–H groups in total. The minimum Gasteiger partial charge on any atom is -0.481 e. The summed E-state index contributed by atoms with van der Waals surface area (Å²) in [6.45, 7) is 0. The maximum atomic E-state index is 9.43. The molecule has 0 saturated heterocycles. The monoisotopic (exact) mass is 122 g/mol. The second-order valence-corrected chi connectivity index (χ2v) is 0.964. The molecule has 48 valence electrons. The van der Waals surface area contributed by atoms with E-state index in [9.17, 15) is 9.59 Å². The highest BCUT2D eigenvalue weighted by Gasteiger charge is 2.01. The van der Waals surface area contributed by atoms with Gasteiger partial charge in [-0.25, -0.2) is 0 Å². The zero-order valence-corrected chi connectivity index (χ0v) is 3.92. The maximum absolute atomic E-state index is 9.43. The summed E-state index contributed by atoms with van der Waals surface area (Å²) in [5.41, 5.74) is 0. The SMILES string of the molecule is O.O=C(O)CC(=O)O. The average Bonchev–Trinajstić information content (AvgIpc) is 1.27. The predicted molar refractivity (Wildman–Crippen MR) is 23.5 cm³/mol. The molecule has 8 heavy (non-hydrogen) atoms. The number of carboxylic acid groups (broad SMARTS) is 2. The van der Waals surface area contributed by atoms with E-state index in [2.05, 4.69) is 0 Å². The van der Waals surface area contributed by atoms with Crippen molar-refractivity contribution in [3.8, 4) is 0 Å². The fraction of sp³-hybridized carbons (Fsp3) is 0.333. The lowest BCUT2D eigenvalue weighted by molar-refractivity contribution is -0.147. The minimum absolute atomic E-state index is 0. The van der Waals surface area contributed by atoms with Gasteiger partial charge in [-0.15, -0.1) is 0 Å². The summed E-state index contributed by atoms with van der Waals surface area (Å²) in [4.78, 5) is 18.9. The zero-order valence-electron chi connectivity index (χ0n) is 3.92. The Morgan fingerprint density at radius 1 is 1.12 bits per heavy atom. The van der Waals surface area contributed by atoms with Gasteiger partial charge in [0.1, 0.15) is 6.42 Å². The Balaban J connectivity index is 0. The van der Waals surface area contributed by atoms with Crippen LogP contribution < -0.4 is 0 Å². The van der Waals surface area contributed by atoms with Crippen LogP contribution in [0.25, 0.3) is 0 Å². The van der Waals surface area contributed by atoms with E-state index in [0.29, 0.717) is 0 Å². The Bertz CT molecular complexity index is 83.8. The number of aliphatic carboxylic acids is 2. The van der Waals surface area contributed by atoms with Gasteiger partial charge in [0.05, 0.1) is 0 Å². The highest BCUT2D eigenvalue weighted by atomic mass is 16.4. The van der Waals surface area contributed by atoms with Crippen LogP contribution in [-0.2, 0) is 9.59 Å². The molecule has 0 aliphatic carbocycles. The number of rotatable bonds is 2. The van der Waals surface area contributed by atoms with Gasteiger partial charge in [-0.2, -0.15) is 0 Å². The van der Waals surface area contributed by atoms with Crippen molar-refractivity contribution in [2.45, 2.75) is 6.42 Å². The number of carboxylic acids is 2. The van der Waals surface area contributed by atoms with Crippen LogP contribution in [0.3, 0.4) is 0 Å². The van der Waals surface area contributed by atoms with E-state index in [1.807, 2.05) is 0 Å². The molecule has 0 radical (unpaired) electrons. The predicted octanol–water partition coefficient (Wildman–Crippen LogP) is -1.28. The summed E-state index contributed by atoms with van der Waals surface area (Å²) in [5, 5.41) is 15.4. The molecule has 0 aliphatic heterocycles. The standard InChI is InChI=1S/C3H4O4.H2O/c4-2(5)1-3(6)7;/h1H2,(H,4,5)(H,6,7);1H2. The number of hydrogen-bond acceptors (Lipinski definition) is 2. The first-order valence-corrected chi connectivity index (χ1v) is 1.56. The Kier molecular flexibility index (Phi) is 5.09. The minimum atomic E-state index is -1.31. The van der Waals surface area contributed by atoms with E-state index in [0.717, 1.165) is 0 Å². The number of hydrogen-bond donors (Lipinski definition) is 2. The Hall–Kier alpha value is -1.10. The van der Waals surface area contributed by atoms with Crippen LogP contribution >= 0.6 is 0 Å². The van der Waals surface area contributed by atoms with Crippen molar-refractivity contribution in [1.29, 1.82) is 0 Å². The van der Waals surface area contributed by atoms with Crippen LogP contribution in [0.2, 0.25) is 0 Å². The first-order valence-electron chi connectivity index (χ1n) is 1.56. The van der Waals surface area contributed by atoms with Gasteiger partial charge in [0.25, 0.3) is 0 Å². The summed E-state index contributed by atoms with van der Waals surface area (Å²) < 4.78 is 0. The molecule has 0 amide bonds. The van der Waals surface area contributed by atoms with E-state index >= 15 is 0 Å². The fourth-order valence-corrected chi connectivity index (χ4v) is 0.129. The van der Waals surface area contributed by atoms with E-state index < -0.39 is 18.4 Å². The van der Waals surface area contributed by atoms with Crippen LogP contribution in [-0.4, -0.2) is 27.6 Å². The molecule has 0 fully saturated rings. The molecule has 0 aromatic rings. The quantitative estimate of drug-likeness (QED) is 0.445. The normalized spacial score (nSPS) is 7.00. The summed E-state index contributed by atoms with van der Waals surface area (Å²) in [5.74, 6) is -2.62. The number of carbonyl (C=O) groups is 2. The average molecular weight is 122 g/mol. The van der Waals surface area contributed by atoms with Crippen LogP contribution in [0.5, 0.6) is 0 Å². The van der Waals surface area contributed by atoms with Crippen molar-refractivity contribution < 1.29 is 25.3 Å². The van der Waals surface area contributed by atoms with Gasteiger partial charge < -0.3 is 15.7 Å². The summed E-state index contributed by atoms with van der Waals surface area (Å²) in [6, 6.07) is 0. The molecule has 0 spiro atoms. The summed E-state index contributed by atoms with van der Waals surface area (Å²) >= 11 is 0. The molecule has 0 atom stereocenters. The van der Waals surface area contributed by atoms with Crippen molar-refractivity contribution in [2.24, 2.45) is 0 Å². The highest BCUT2D eigenvalue weighted by Crippen LogP contribution is 1.74. The molecule has 5 nitrogen and oxygen atoms in total. The zero-order chi connectivity index (χ0) is 5.86. The van der Waals surface area contributed by atoms with Crippen LogP contribution in [0.1, 0.15) is 6.42 Å². The van der Waals surface area contributed by atoms with Crippen molar-refractivity contribution in [1.82, 2.24) is 0 Å². The van der Waals surface area contributed by atoms with E-state index in [1.54, 1.807) is 0 Å². The van der Waals surface area contributed by atoms with E-state index in [-0.39, 0.29) is 5.48 Å². The van der Waals surface area contributed by atoms with Gasteiger partial charge in [0.15, 0.2) is 0 Å². The third-order valence-corrected chi connectivity index (χ3v) is 0.302. The van der Waals surface area contributed by atoms with Crippen molar-refractivity contribution in [3.05, 3.63) is 0 Å². The fourth-order valence-electron chi connectivity index (χ4n) is 0.129. The molecule has 0 aliphatic rings. The maximum Gasteiger partial charge on any atom is 0.314 e. The molecule has 0 heterocycles. The van der Waals surface area contributed by atoms with Crippen LogP contribution in [0.4, 0.5) is 0 Å². The molecule has 0 saturated carbocycles. The summed E-state index contributed by atoms with van der Waals surface area (Å²) in [7, 11) is 0. The molecule has 0 unspecified atom stereocenters. The van der Waals surface area contributed by atoms with Crippen molar-refractivity contribution in [3.63, 3.8) is 0 Å². The first-order chi connectivity index (χ1) is 3.13. The molecule has 0 aromatic carbocycles. The van der Waals surface area contributed by atoms with Gasteiger partial charge in [-0.1, -0.05) is 0 Å². The lowest BCUT2D eigenvalue weighted by Gasteiger charge is -1.80. The molecule has 0 aromatic heterocycles. The molecule has 0 rings (SSSR count). The van der Waals surface area contributed by atoms with Crippen LogP contribution in [0.15, 0.2) is 0 Å². The smallest absolute Gasteiger partial charge is 0.314 e. The molecule has 5 heteroatoms. The van der Waals surface area contributed by atoms with Gasteiger partial charge in [0.2, 0.25) is 0 Å². The van der Waals surface area contributed by atoms with Gasteiger partial charge >= 0.3 is 11.9 Å². The second-order valence-electron chi connectivity index (χ2n) is 0.964. The molecular formula is C3H6O5. The lowest BCUT2D eigenvalue weighted by atomic mass is 10.5. The Morgan fingerprint density at radius 2 is 1.38 bits per heavy atom. The Morgan fingerprint density at radius 3 is 1.38 bits per heavy atom. The van der Waals surface area contributed by atoms with Crippen molar-refractivity contribution >= 4 is 11.9 Å².